The van der Waals surface area contributed by atoms with Gasteiger partial charge in [-0.1, -0.05) is 6.92 Å². The Balaban J connectivity index is 1.51. The van der Waals surface area contributed by atoms with Crippen LogP contribution in [0.1, 0.15) is 29.5 Å². The van der Waals surface area contributed by atoms with E-state index in [1.165, 1.54) is 10.4 Å². The Bertz CT molecular complexity index is 687. The highest BCUT2D eigenvalue weighted by Crippen LogP contribution is 2.19. The summed E-state index contributed by atoms with van der Waals surface area (Å²) in [5, 5.41) is 2.26. The molecule has 1 amide bonds. The zero-order chi connectivity index (χ0) is 17.6. The maximum absolute atomic E-state index is 11.4. The summed E-state index contributed by atoms with van der Waals surface area (Å²) in [6.45, 7) is 8.91. The molecule has 0 spiro atoms. The van der Waals surface area contributed by atoms with Gasteiger partial charge in [0.25, 0.3) is 0 Å². The third kappa shape index (κ3) is 4.82. The van der Waals surface area contributed by atoms with E-state index < -0.39 is 0 Å². The Morgan fingerprint density at radius 2 is 2.00 bits per heavy atom. The van der Waals surface area contributed by atoms with Crippen molar-refractivity contribution >= 4 is 22.9 Å². The van der Waals surface area contributed by atoms with Crippen molar-refractivity contribution < 1.29 is 4.79 Å². The van der Waals surface area contributed by atoms with E-state index in [-0.39, 0.29) is 5.91 Å². The van der Waals surface area contributed by atoms with E-state index in [2.05, 4.69) is 40.4 Å². The molecule has 1 radical (unpaired) electrons. The van der Waals surface area contributed by atoms with Crippen LogP contribution in [0.5, 0.6) is 0 Å². The van der Waals surface area contributed by atoms with Gasteiger partial charge in [0.05, 0.1) is 11.9 Å². The van der Waals surface area contributed by atoms with Crippen LogP contribution in [-0.4, -0.2) is 42.0 Å². The Labute approximate surface area is 154 Å². The standard InChI is InChI=1S/C20H26N3OS/c1-3-4-20-13-17(15-25-20)5-6-18-7-8-19(14-21-18)23-11-9-22(10-12-23)16(2)24/h7-8,13-15H,1,3-6,9-12H2,2H3. The number of pyridine rings is 1. The zero-order valence-corrected chi connectivity index (χ0v) is 15.7. The number of carbonyl (C=O) groups excluding carboxylic acids is 1. The summed E-state index contributed by atoms with van der Waals surface area (Å²) in [4.78, 5) is 21.7. The Morgan fingerprint density at radius 3 is 2.64 bits per heavy atom. The van der Waals surface area contributed by atoms with Gasteiger partial charge >= 0.3 is 0 Å². The number of aromatic nitrogens is 1. The lowest BCUT2D eigenvalue weighted by Crippen LogP contribution is -2.48. The van der Waals surface area contributed by atoms with E-state index in [1.807, 2.05) is 22.4 Å². The molecule has 0 saturated carbocycles. The van der Waals surface area contributed by atoms with Crippen molar-refractivity contribution in [3.05, 3.63) is 52.8 Å². The van der Waals surface area contributed by atoms with Gasteiger partial charge in [-0.3, -0.25) is 9.78 Å². The molecule has 0 aromatic carbocycles. The van der Waals surface area contributed by atoms with Gasteiger partial charge < -0.3 is 9.80 Å². The second kappa shape index (κ2) is 8.48. The topological polar surface area (TPSA) is 36.4 Å². The highest BCUT2D eigenvalue weighted by molar-refractivity contribution is 7.10. The van der Waals surface area contributed by atoms with E-state index in [4.69, 9.17) is 0 Å². The molecule has 0 bridgehead atoms. The average molecular weight is 357 g/mol. The predicted molar refractivity (Wildman–Crippen MR) is 104 cm³/mol. The van der Waals surface area contributed by atoms with Crippen LogP contribution in [0.2, 0.25) is 0 Å². The summed E-state index contributed by atoms with van der Waals surface area (Å²) < 4.78 is 0. The van der Waals surface area contributed by atoms with Gasteiger partial charge in [0.2, 0.25) is 5.91 Å². The number of amides is 1. The SMILES string of the molecule is [CH2]CCc1cc(CCc2ccc(N3CCN(C(C)=O)CC3)cn2)cs1. The van der Waals surface area contributed by atoms with Crippen LogP contribution < -0.4 is 4.90 Å². The molecule has 5 heteroatoms. The number of nitrogens with zero attached hydrogens (tertiary/aromatic N) is 3. The largest absolute Gasteiger partial charge is 0.367 e. The maximum Gasteiger partial charge on any atom is 0.219 e. The number of hydrogen-bond acceptors (Lipinski definition) is 4. The first kappa shape index (κ1) is 17.9. The molecule has 4 nitrogen and oxygen atoms in total. The van der Waals surface area contributed by atoms with Crippen molar-refractivity contribution in [2.24, 2.45) is 0 Å². The van der Waals surface area contributed by atoms with Gasteiger partial charge in [-0.25, -0.2) is 0 Å². The van der Waals surface area contributed by atoms with Gasteiger partial charge in [-0.15, -0.1) is 11.3 Å². The van der Waals surface area contributed by atoms with Gasteiger partial charge in [-0.2, -0.15) is 0 Å². The minimum absolute atomic E-state index is 0.167. The molecular weight excluding hydrogens is 330 g/mol. The Hall–Kier alpha value is -1.88. The van der Waals surface area contributed by atoms with Crippen molar-refractivity contribution in [2.75, 3.05) is 31.1 Å². The van der Waals surface area contributed by atoms with E-state index >= 15 is 0 Å². The molecular formula is C20H26N3OS. The molecule has 133 valence electrons. The minimum Gasteiger partial charge on any atom is -0.367 e. The summed E-state index contributed by atoms with van der Waals surface area (Å²) in [5.74, 6) is 0.167. The predicted octanol–water partition coefficient (Wildman–Crippen LogP) is 3.36. The quantitative estimate of drug-likeness (QED) is 0.796. The van der Waals surface area contributed by atoms with Gasteiger partial charge in [-0.05, 0) is 54.8 Å². The summed E-state index contributed by atoms with van der Waals surface area (Å²) in [6, 6.07) is 6.60. The van der Waals surface area contributed by atoms with Crippen LogP contribution in [0.25, 0.3) is 0 Å². The third-order valence-corrected chi connectivity index (χ3v) is 5.75. The number of thiophene rings is 1. The number of carbonyl (C=O) groups is 1. The Morgan fingerprint density at radius 1 is 1.20 bits per heavy atom. The number of piperazine rings is 1. The Kier molecular flexibility index (Phi) is 6.08. The second-order valence-electron chi connectivity index (χ2n) is 6.53. The molecule has 3 rings (SSSR count). The number of hydrogen-bond donors (Lipinski definition) is 0. The first-order valence-corrected chi connectivity index (χ1v) is 9.84. The monoisotopic (exact) mass is 356 g/mol. The van der Waals surface area contributed by atoms with Crippen LogP contribution in [0.4, 0.5) is 5.69 Å². The fourth-order valence-electron chi connectivity index (χ4n) is 3.17. The molecule has 3 heterocycles. The molecule has 0 N–H and O–H groups in total. The number of anilines is 1. The van der Waals surface area contributed by atoms with Crippen LogP contribution >= 0.6 is 11.3 Å². The summed E-state index contributed by atoms with van der Waals surface area (Å²) >= 11 is 1.84. The smallest absolute Gasteiger partial charge is 0.219 e. The van der Waals surface area contributed by atoms with E-state index in [9.17, 15) is 4.79 Å². The van der Waals surface area contributed by atoms with Crippen molar-refractivity contribution in [3.8, 4) is 0 Å². The molecule has 0 atom stereocenters. The molecule has 1 aliphatic heterocycles. The van der Waals surface area contributed by atoms with Crippen LogP contribution in [0.15, 0.2) is 29.8 Å². The summed E-state index contributed by atoms with van der Waals surface area (Å²) in [5.41, 5.74) is 3.69. The van der Waals surface area contributed by atoms with Gasteiger partial charge in [0.15, 0.2) is 0 Å². The van der Waals surface area contributed by atoms with Crippen molar-refractivity contribution in [2.45, 2.75) is 32.6 Å². The molecule has 1 aliphatic rings. The lowest BCUT2D eigenvalue weighted by Gasteiger charge is -2.35. The fraction of sp³-hybridized carbons (Fsp3) is 0.450. The van der Waals surface area contributed by atoms with Gasteiger partial charge in [0.1, 0.15) is 0 Å². The highest BCUT2D eigenvalue weighted by Gasteiger charge is 2.18. The number of aryl methyl sites for hydroxylation is 3. The average Bonchev–Trinajstić information content (AvgIpc) is 3.08. The van der Waals surface area contributed by atoms with Crippen molar-refractivity contribution in [3.63, 3.8) is 0 Å². The van der Waals surface area contributed by atoms with Gasteiger partial charge in [0, 0.05) is 43.7 Å². The normalized spacial score (nSPS) is 14.8. The van der Waals surface area contributed by atoms with Crippen LogP contribution in [0.3, 0.4) is 0 Å². The zero-order valence-electron chi connectivity index (χ0n) is 14.9. The molecule has 0 aliphatic carbocycles. The highest BCUT2D eigenvalue weighted by atomic mass is 32.1. The van der Waals surface area contributed by atoms with E-state index in [1.54, 1.807) is 6.92 Å². The van der Waals surface area contributed by atoms with E-state index in [0.29, 0.717) is 0 Å². The van der Waals surface area contributed by atoms with E-state index in [0.717, 1.165) is 63.2 Å². The maximum atomic E-state index is 11.4. The summed E-state index contributed by atoms with van der Waals surface area (Å²) in [7, 11) is 0. The first-order valence-electron chi connectivity index (χ1n) is 8.96. The van der Waals surface area contributed by atoms with Crippen LogP contribution in [-0.2, 0) is 24.1 Å². The third-order valence-electron chi connectivity index (χ3n) is 4.70. The second-order valence-corrected chi connectivity index (χ2v) is 7.52. The minimum atomic E-state index is 0.167. The fourth-order valence-corrected chi connectivity index (χ4v) is 4.14. The molecule has 2 aromatic heterocycles. The lowest BCUT2D eigenvalue weighted by molar-refractivity contribution is -0.129. The van der Waals surface area contributed by atoms with Crippen LogP contribution in [0, 0.1) is 6.92 Å². The first-order chi connectivity index (χ1) is 12.2. The number of rotatable bonds is 6. The van der Waals surface area contributed by atoms with Crippen molar-refractivity contribution in [1.82, 2.24) is 9.88 Å². The summed E-state index contributed by atoms with van der Waals surface area (Å²) in [6.07, 6.45) is 6.02. The molecule has 1 saturated heterocycles. The molecule has 1 fully saturated rings. The molecule has 0 unspecified atom stereocenters. The lowest BCUT2D eigenvalue weighted by atomic mass is 10.1. The molecule has 25 heavy (non-hydrogen) atoms. The van der Waals surface area contributed by atoms with Crippen molar-refractivity contribution in [1.29, 1.82) is 0 Å². The molecule has 2 aromatic rings.